The van der Waals surface area contributed by atoms with Crippen LogP contribution in [0.5, 0.6) is 0 Å². The third-order valence-corrected chi connectivity index (χ3v) is 6.87. The third kappa shape index (κ3) is 6.72. The molecule has 2 N–H and O–H groups in total. The first-order valence-electron chi connectivity index (χ1n) is 11.8. The maximum Gasteiger partial charge on any atom is 0.229 e. The van der Waals surface area contributed by atoms with Crippen molar-refractivity contribution < 1.29 is 17.6 Å². The molecule has 6 nitrogen and oxygen atoms in total. The van der Waals surface area contributed by atoms with Gasteiger partial charge in [0.1, 0.15) is 5.82 Å². The number of amides is 1. The smallest absolute Gasteiger partial charge is 0.229 e. The summed E-state index contributed by atoms with van der Waals surface area (Å²) in [5.74, 6) is -1.52. The zero-order valence-corrected chi connectivity index (χ0v) is 21.6. The van der Waals surface area contributed by atoms with Gasteiger partial charge in [0.05, 0.1) is 17.9 Å². The molecule has 1 saturated heterocycles. The Bertz CT molecular complexity index is 1140. The first kappa shape index (κ1) is 26.0. The molecule has 0 spiro atoms. The molecule has 0 radical (unpaired) electrons. The summed E-state index contributed by atoms with van der Waals surface area (Å²) in [6.07, 6.45) is 4.54. The lowest BCUT2D eigenvalue weighted by Gasteiger charge is -2.32. The van der Waals surface area contributed by atoms with E-state index in [4.69, 9.17) is 0 Å². The van der Waals surface area contributed by atoms with Gasteiger partial charge in [0.2, 0.25) is 15.9 Å². The first-order chi connectivity index (χ1) is 15.8. The Balaban J connectivity index is 1.75. The summed E-state index contributed by atoms with van der Waals surface area (Å²) in [5, 5.41) is 3.01. The van der Waals surface area contributed by atoms with Crippen molar-refractivity contribution in [1.82, 2.24) is 5.32 Å². The van der Waals surface area contributed by atoms with Crippen molar-refractivity contribution in [3.8, 4) is 0 Å². The molecule has 186 valence electrons. The van der Waals surface area contributed by atoms with Crippen LogP contribution in [0.3, 0.4) is 0 Å². The van der Waals surface area contributed by atoms with Gasteiger partial charge in [0, 0.05) is 25.3 Å². The van der Waals surface area contributed by atoms with Crippen LogP contribution in [0.2, 0.25) is 0 Å². The van der Waals surface area contributed by atoms with E-state index in [0.29, 0.717) is 12.1 Å². The molecule has 0 saturated carbocycles. The lowest BCUT2D eigenvalue weighted by Crippen LogP contribution is -2.32. The molecule has 2 aromatic carbocycles. The van der Waals surface area contributed by atoms with Crippen molar-refractivity contribution in [3.05, 3.63) is 58.9 Å². The number of nitrogens with zero attached hydrogens (tertiary/aromatic N) is 1. The Labute approximate surface area is 203 Å². The average Bonchev–Trinajstić information content (AvgIpc) is 2.77. The lowest BCUT2D eigenvalue weighted by atomic mass is 9.86. The second kappa shape index (κ2) is 10.3. The average molecular weight is 490 g/mol. The van der Waals surface area contributed by atoms with E-state index in [9.17, 15) is 17.6 Å². The highest BCUT2D eigenvalue weighted by Gasteiger charge is 2.22. The van der Waals surface area contributed by atoms with Gasteiger partial charge in [0.15, 0.2) is 0 Å². The number of halogens is 1. The van der Waals surface area contributed by atoms with E-state index in [2.05, 4.69) is 53.9 Å². The van der Waals surface area contributed by atoms with Crippen molar-refractivity contribution in [2.24, 2.45) is 0 Å². The second-order valence-electron chi connectivity index (χ2n) is 10.2. The van der Waals surface area contributed by atoms with Crippen molar-refractivity contribution in [2.75, 3.05) is 29.0 Å². The fourth-order valence-corrected chi connectivity index (χ4v) is 4.74. The number of rotatable bonds is 7. The Hall–Kier alpha value is -2.61. The number of benzene rings is 2. The Morgan fingerprint density at radius 2 is 1.76 bits per heavy atom. The van der Waals surface area contributed by atoms with Crippen LogP contribution in [0.4, 0.5) is 15.8 Å². The minimum absolute atomic E-state index is 0.0308. The summed E-state index contributed by atoms with van der Waals surface area (Å²) in [6, 6.07) is 10.6. The number of sulfonamides is 1. The van der Waals surface area contributed by atoms with Crippen LogP contribution in [0.15, 0.2) is 36.4 Å². The minimum atomic E-state index is -3.59. The SMILES string of the molecule is CC(C(=O)NCc1ccc(C(C)(C)C)cc1N1CCCCC1)c1ccc(NS(C)(=O)=O)c(F)c1. The molecular weight excluding hydrogens is 453 g/mol. The van der Waals surface area contributed by atoms with E-state index in [1.165, 1.54) is 42.6 Å². The largest absolute Gasteiger partial charge is 0.371 e. The van der Waals surface area contributed by atoms with Crippen molar-refractivity contribution in [2.45, 2.75) is 64.8 Å². The molecule has 34 heavy (non-hydrogen) atoms. The highest BCUT2D eigenvalue weighted by atomic mass is 32.2. The molecule has 1 fully saturated rings. The predicted molar refractivity (Wildman–Crippen MR) is 136 cm³/mol. The maximum absolute atomic E-state index is 14.4. The van der Waals surface area contributed by atoms with Crippen molar-refractivity contribution in [3.63, 3.8) is 0 Å². The lowest BCUT2D eigenvalue weighted by molar-refractivity contribution is -0.122. The molecule has 3 rings (SSSR count). The molecular formula is C26H36FN3O3S. The highest BCUT2D eigenvalue weighted by molar-refractivity contribution is 7.92. The summed E-state index contributed by atoms with van der Waals surface area (Å²) in [4.78, 5) is 15.3. The van der Waals surface area contributed by atoms with E-state index in [0.717, 1.165) is 24.9 Å². The molecule has 1 heterocycles. The normalized spacial score (nSPS) is 15.6. The van der Waals surface area contributed by atoms with Gasteiger partial charge in [-0.3, -0.25) is 9.52 Å². The minimum Gasteiger partial charge on any atom is -0.371 e. The van der Waals surface area contributed by atoms with Gasteiger partial charge in [-0.15, -0.1) is 0 Å². The van der Waals surface area contributed by atoms with Gasteiger partial charge in [-0.05, 0) is 66.5 Å². The van der Waals surface area contributed by atoms with Crippen LogP contribution in [0.1, 0.15) is 69.6 Å². The van der Waals surface area contributed by atoms with E-state index in [-0.39, 0.29) is 17.0 Å². The van der Waals surface area contributed by atoms with E-state index < -0.39 is 21.8 Å². The van der Waals surface area contributed by atoms with Gasteiger partial charge in [-0.2, -0.15) is 0 Å². The van der Waals surface area contributed by atoms with E-state index in [1.54, 1.807) is 13.0 Å². The predicted octanol–water partition coefficient (Wildman–Crippen LogP) is 4.90. The van der Waals surface area contributed by atoms with Crippen molar-refractivity contribution in [1.29, 1.82) is 0 Å². The summed E-state index contributed by atoms with van der Waals surface area (Å²) in [5.41, 5.74) is 3.87. The van der Waals surface area contributed by atoms with Crippen LogP contribution in [0, 0.1) is 5.82 Å². The summed E-state index contributed by atoms with van der Waals surface area (Å²) in [6.45, 7) is 10.7. The van der Waals surface area contributed by atoms with Crippen LogP contribution in [-0.2, 0) is 26.8 Å². The Morgan fingerprint density at radius 3 is 2.35 bits per heavy atom. The standard InChI is InChI=1S/C26H36FN3O3S/c1-18(19-10-12-23(22(27)15-19)29-34(5,32)33)25(31)28-17-20-9-11-21(26(2,3)4)16-24(20)30-13-7-6-8-14-30/h9-12,15-16,18,29H,6-8,13-14,17H2,1-5H3,(H,28,31). The fourth-order valence-electron chi connectivity index (χ4n) is 4.18. The van der Waals surface area contributed by atoms with E-state index >= 15 is 0 Å². The molecule has 1 aliphatic heterocycles. The number of carbonyl (C=O) groups is 1. The molecule has 8 heteroatoms. The van der Waals surface area contributed by atoms with Crippen LogP contribution in [-0.4, -0.2) is 33.7 Å². The molecule has 1 amide bonds. The zero-order chi connectivity index (χ0) is 25.1. The molecule has 0 bridgehead atoms. The molecule has 1 aliphatic rings. The molecule has 1 atom stereocenters. The number of carbonyl (C=O) groups excluding carboxylic acids is 1. The molecule has 2 aromatic rings. The number of anilines is 2. The van der Waals surface area contributed by atoms with Crippen LogP contribution in [0.25, 0.3) is 0 Å². The van der Waals surface area contributed by atoms with Gasteiger partial charge < -0.3 is 10.2 Å². The Morgan fingerprint density at radius 1 is 1.09 bits per heavy atom. The van der Waals surface area contributed by atoms with Gasteiger partial charge in [-0.1, -0.05) is 39.0 Å². The monoisotopic (exact) mass is 489 g/mol. The maximum atomic E-state index is 14.4. The number of nitrogens with one attached hydrogen (secondary N) is 2. The molecule has 1 unspecified atom stereocenters. The molecule has 0 aromatic heterocycles. The van der Waals surface area contributed by atoms with Crippen molar-refractivity contribution >= 4 is 27.3 Å². The topological polar surface area (TPSA) is 78.5 Å². The first-order valence-corrected chi connectivity index (χ1v) is 13.7. The Kier molecular flexibility index (Phi) is 7.91. The highest BCUT2D eigenvalue weighted by Crippen LogP contribution is 2.31. The van der Waals surface area contributed by atoms with E-state index in [1.807, 2.05) is 0 Å². The molecule has 0 aliphatic carbocycles. The quantitative estimate of drug-likeness (QED) is 0.580. The number of hydrogen-bond acceptors (Lipinski definition) is 4. The summed E-state index contributed by atoms with van der Waals surface area (Å²) < 4.78 is 39.3. The van der Waals surface area contributed by atoms with Crippen LogP contribution >= 0.6 is 0 Å². The summed E-state index contributed by atoms with van der Waals surface area (Å²) in [7, 11) is -3.59. The second-order valence-corrected chi connectivity index (χ2v) is 11.9. The zero-order valence-electron chi connectivity index (χ0n) is 20.7. The van der Waals surface area contributed by atoms with Gasteiger partial charge >= 0.3 is 0 Å². The summed E-state index contributed by atoms with van der Waals surface area (Å²) >= 11 is 0. The van der Waals surface area contributed by atoms with Crippen LogP contribution < -0.4 is 14.9 Å². The van der Waals surface area contributed by atoms with Gasteiger partial charge in [-0.25, -0.2) is 12.8 Å². The third-order valence-electron chi connectivity index (χ3n) is 6.28. The number of hydrogen-bond donors (Lipinski definition) is 2. The fraction of sp³-hybridized carbons (Fsp3) is 0.500. The van der Waals surface area contributed by atoms with Gasteiger partial charge in [0.25, 0.3) is 0 Å². The number of piperidine rings is 1.